The number of hydrogen-bond donors (Lipinski definition) is 2. The highest BCUT2D eigenvalue weighted by atomic mass is 16.5. The summed E-state index contributed by atoms with van der Waals surface area (Å²) in [5.74, 6) is -0.0891. The van der Waals surface area contributed by atoms with E-state index in [1.54, 1.807) is 13.8 Å². The van der Waals surface area contributed by atoms with Crippen molar-refractivity contribution in [1.82, 2.24) is 15.5 Å². The fourth-order valence-corrected chi connectivity index (χ4v) is 2.57. The van der Waals surface area contributed by atoms with E-state index in [-0.39, 0.29) is 18.5 Å². The minimum Gasteiger partial charge on any atom is -0.492 e. The van der Waals surface area contributed by atoms with Gasteiger partial charge in [-0.2, -0.15) is 0 Å². The molecule has 142 valence electrons. The normalized spacial score (nSPS) is 16.4. The fraction of sp³-hybridized carbons (Fsp3) is 0.526. The second-order valence-corrected chi connectivity index (χ2v) is 7.92. The maximum atomic E-state index is 12.0. The third-order valence-electron chi connectivity index (χ3n) is 4.16. The second-order valence-electron chi connectivity index (χ2n) is 7.92. The van der Waals surface area contributed by atoms with Gasteiger partial charge in [0.05, 0.1) is 6.54 Å². The first-order valence-corrected chi connectivity index (χ1v) is 8.65. The van der Waals surface area contributed by atoms with Crippen molar-refractivity contribution in [3.63, 3.8) is 0 Å². The van der Waals surface area contributed by atoms with Crippen LogP contribution in [0.25, 0.3) is 0 Å². The van der Waals surface area contributed by atoms with Crippen LogP contribution >= 0.6 is 0 Å². The Labute approximate surface area is 154 Å². The quantitative estimate of drug-likeness (QED) is 0.597. The summed E-state index contributed by atoms with van der Waals surface area (Å²) in [6, 6.07) is 7.29. The molecular formula is C19H27N3O4. The van der Waals surface area contributed by atoms with Crippen molar-refractivity contribution in [3.05, 3.63) is 29.8 Å². The van der Waals surface area contributed by atoms with Crippen molar-refractivity contribution in [2.45, 2.75) is 45.6 Å². The van der Waals surface area contributed by atoms with Crippen LogP contribution in [-0.2, 0) is 15.0 Å². The molecule has 1 aliphatic rings. The fourth-order valence-electron chi connectivity index (χ4n) is 2.57. The van der Waals surface area contributed by atoms with Gasteiger partial charge in [0, 0.05) is 0 Å². The molecule has 0 atom stereocenters. The Hall–Kier alpha value is -2.57. The highest BCUT2D eigenvalue weighted by molar-refractivity contribution is 6.08. The molecule has 1 heterocycles. The molecule has 0 aliphatic carbocycles. The molecule has 0 spiro atoms. The topological polar surface area (TPSA) is 87.7 Å². The van der Waals surface area contributed by atoms with Crippen LogP contribution in [0.2, 0.25) is 0 Å². The van der Waals surface area contributed by atoms with E-state index in [1.807, 2.05) is 24.3 Å². The van der Waals surface area contributed by atoms with Gasteiger partial charge in [0.15, 0.2) is 0 Å². The lowest BCUT2D eigenvalue weighted by molar-refractivity contribution is -0.134. The zero-order valence-electron chi connectivity index (χ0n) is 16.0. The first-order chi connectivity index (χ1) is 12.0. The number of benzene rings is 1. The average molecular weight is 361 g/mol. The molecule has 0 bridgehead atoms. The third-order valence-corrected chi connectivity index (χ3v) is 4.16. The number of imide groups is 1. The van der Waals surface area contributed by atoms with Gasteiger partial charge in [-0.1, -0.05) is 32.9 Å². The Balaban J connectivity index is 1.74. The van der Waals surface area contributed by atoms with Crippen LogP contribution in [0, 0.1) is 0 Å². The van der Waals surface area contributed by atoms with Crippen molar-refractivity contribution >= 4 is 17.8 Å². The van der Waals surface area contributed by atoms with Crippen LogP contribution in [0.15, 0.2) is 24.3 Å². The molecule has 4 amide bonds. The summed E-state index contributed by atoms with van der Waals surface area (Å²) >= 11 is 0. The van der Waals surface area contributed by atoms with Crippen molar-refractivity contribution in [1.29, 1.82) is 0 Å². The Morgan fingerprint density at radius 3 is 2.31 bits per heavy atom. The SMILES string of the molecule is CC1(C)NC(=O)N(CC(=O)NCCOc2ccc(C(C)(C)C)cc2)C1=O. The lowest BCUT2D eigenvalue weighted by Crippen LogP contribution is -2.43. The summed E-state index contributed by atoms with van der Waals surface area (Å²) in [4.78, 5) is 36.6. The van der Waals surface area contributed by atoms with E-state index in [0.717, 1.165) is 10.6 Å². The van der Waals surface area contributed by atoms with Crippen molar-refractivity contribution in [2.24, 2.45) is 0 Å². The summed E-state index contributed by atoms with van der Waals surface area (Å²) in [7, 11) is 0. The van der Waals surface area contributed by atoms with E-state index in [9.17, 15) is 14.4 Å². The van der Waals surface area contributed by atoms with Gasteiger partial charge in [0.1, 0.15) is 24.4 Å². The van der Waals surface area contributed by atoms with Crippen LogP contribution in [0.4, 0.5) is 4.79 Å². The summed E-state index contributed by atoms with van der Waals surface area (Å²) in [6.45, 7) is 9.92. The average Bonchev–Trinajstić information content (AvgIpc) is 2.73. The Morgan fingerprint density at radius 1 is 1.19 bits per heavy atom. The summed E-state index contributed by atoms with van der Waals surface area (Å²) in [6.07, 6.45) is 0. The molecule has 1 aromatic rings. The van der Waals surface area contributed by atoms with E-state index in [2.05, 4.69) is 31.4 Å². The minimum absolute atomic E-state index is 0.0837. The molecular weight excluding hydrogens is 334 g/mol. The van der Waals surface area contributed by atoms with Crippen LogP contribution in [0.5, 0.6) is 5.75 Å². The molecule has 1 aromatic carbocycles. The third kappa shape index (κ3) is 4.74. The molecule has 1 aliphatic heterocycles. The first-order valence-electron chi connectivity index (χ1n) is 8.65. The minimum atomic E-state index is -0.973. The Bertz CT molecular complexity index is 690. The monoisotopic (exact) mass is 361 g/mol. The molecule has 1 saturated heterocycles. The number of carbonyl (C=O) groups is 3. The predicted octanol–water partition coefficient (Wildman–Crippen LogP) is 1.81. The number of amides is 4. The van der Waals surface area contributed by atoms with Crippen molar-refractivity contribution < 1.29 is 19.1 Å². The number of nitrogens with one attached hydrogen (secondary N) is 2. The van der Waals surface area contributed by atoms with Crippen molar-refractivity contribution in [3.8, 4) is 5.75 Å². The summed E-state index contributed by atoms with van der Waals surface area (Å²) in [5, 5.41) is 5.18. The number of ether oxygens (including phenoxy) is 1. The van der Waals surface area contributed by atoms with Crippen molar-refractivity contribution in [2.75, 3.05) is 19.7 Å². The van der Waals surface area contributed by atoms with E-state index < -0.39 is 23.4 Å². The maximum Gasteiger partial charge on any atom is 0.325 e. The number of rotatable bonds is 6. The second kappa shape index (κ2) is 7.35. The smallest absolute Gasteiger partial charge is 0.325 e. The van der Waals surface area contributed by atoms with Gasteiger partial charge in [0.25, 0.3) is 5.91 Å². The molecule has 0 radical (unpaired) electrons. The van der Waals surface area contributed by atoms with Gasteiger partial charge in [-0.05, 0) is 37.0 Å². The predicted molar refractivity (Wildman–Crippen MR) is 98.0 cm³/mol. The van der Waals surface area contributed by atoms with Gasteiger partial charge in [-0.3, -0.25) is 14.5 Å². The molecule has 0 saturated carbocycles. The molecule has 0 unspecified atom stereocenters. The lowest BCUT2D eigenvalue weighted by Gasteiger charge is -2.19. The Kier molecular flexibility index (Phi) is 5.59. The Morgan fingerprint density at radius 2 is 1.81 bits per heavy atom. The highest BCUT2D eigenvalue weighted by Gasteiger charge is 2.44. The first kappa shape index (κ1) is 19.8. The van der Waals surface area contributed by atoms with Crippen LogP contribution in [0.1, 0.15) is 40.2 Å². The maximum absolute atomic E-state index is 12.0. The van der Waals surface area contributed by atoms with Crippen LogP contribution in [-0.4, -0.2) is 48.0 Å². The van der Waals surface area contributed by atoms with E-state index in [0.29, 0.717) is 6.61 Å². The van der Waals surface area contributed by atoms with Gasteiger partial charge >= 0.3 is 6.03 Å². The van der Waals surface area contributed by atoms with Gasteiger partial charge in [0.2, 0.25) is 5.91 Å². The highest BCUT2D eigenvalue weighted by Crippen LogP contribution is 2.24. The summed E-state index contributed by atoms with van der Waals surface area (Å²) < 4.78 is 5.59. The molecule has 26 heavy (non-hydrogen) atoms. The zero-order valence-corrected chi connectivity index (χ0v) is 16.0. The molecule has 0 aromatic heterocycles. The zero-order chi connectivity index (χ0) is 19.5. The number of carbonyl (C=O) groups excluding carboxylic acids is 3. The number of hydrogen-bond acceptors (Lipinski definition) is 4. The van der Waals surface area contributed by atoms with E-state index in [4.69, 9.17) is 4.74 Å². The molecule has 7 heteroatoms. The number of nitrogens with zero attached hydrogens (tertiary/aromatic N) is 1. The molecule has 7 nitrogen and oxygen atoms in total. The number of urea groups is 1. The van der Waals surface area contributed by atoms with Gasteiger partial charge < -0.3 is 15.4 Å². The standard InChI is InChI=1S/C19H27N3O4/c1-18(2,3)13-6-8-14(9-7-13)26-11-10-20-15(23)12-22-16(24)19(4,5)21-17(22)25/h6-9H,10-12H2,1-5H3,(H,20,23)(H,21,25). The lowest BCUT2D eigenvalue weighted by atomic mass is 9.87. The van der Waals surface area contributed by atoms with Crippen LogP contribution < -0.4 is 15.4 Å². The van der Waals surface area contributed by atoms with E-state index >= 15 is 0 Å². The summed E-state index contributed by atoms with van der Waals surface area (Å²) in [5.41, 5.74) is 0.328. The van der Waals surface area contributed by atoms with Gasteiger partial charge in [-0.15, -0.1) is 0 Å². The molecule has 1 fully saturated rings. The van der Waals surface area contributed by atoms with Gasteiger partial charge in [-0.25, -0.2) is 4.79 Å². The van der Waals surface area contributed by atoms with Crippen LogP contribution in [0.3, 0.4) is 0 Å². The van der Waals surface area contributed by atoms with E-state index in [1.165, 1.54) is 5.56 Å². The largest absolute Gasteiger partial charge is 0.492 e. The molecule has 2 rings (SSSR count). The molecule has 2 N–H and O–H groups in total.